The molecule has 0 spiro atoms. The Morgan fingerprint density at radius 2 is 2.18 bits per heavy atom. The summed E-state index contributed by atoms with van der Waals surface area (Å²) in [5, 5.41) is 0. The Morgan fingerprint density at radius 1 is 1.55 bits per heavy atom. The molecule has 11 heavy (non-hydrogen) atoms. The minimum atomic E-state index is 0.138. The largest absolute Gasteiger partial charge is 0.299 e. The maximum Gasteiger partial charge on any atom is 0.136 e. The maximum absolute atomic E-state index is 11.0. The Morgan fingerprint density at radius 3 is 2.64 bits per heavy atom. The number of carbonyl (C=O) groups excluding carboxylic acids is 1. The summed E-state index contributed by atoms with van der Waals surface area (Å²) >= 11 is 0. The quantitative estimate of drug-likeness (QED) is 0.561. The number of hydrogen-bond donors (Lipinski definition) is 0. The molecule has 1 atom stereocenters. The molecule has 0 aromatic rings. The summed E-state index contributed by atoms with van der Waals surface area (Å²) in [6.07, 6.45) is 4.97. The van der Waals surface area contributed by atoms with Gasteiger partial charge in [-0.3, -0.25) is 4.79 Å². The van der Waals surface area contributed by atoms with Crippen LogP contribution >= 0.6 is 0 Å². The Kier molecular flexibility index (Phi) is 2.28. The summed E-state index contributed by atoms with van der Waals surface area (Å²) < 4.78 is 0. The number of allylic oxidation sites excluding steroid dienone is 4. The molecule has 1 aliphatic carbocycles. The molecule has 0 amide bonds. The van der Waals surface area contributed by atoms with Gasteiger partial charge in [0.2, 0.25) is 0 Å². The molecule has 0 aromatic carbocycles. The van der Waals surface area contributed by atoms with E-state index in [0.717, 1.165) is 6.42 Å². The highest BCUT2D eigenvalue weighted by molar-refractivity contribution is 5.80. The van der Waals surface area contributed by atoms with Gasteiger partial charge in [0, 0.05) is 5.92 Å². The van der Waals surface area contributed by atoms with Crippen LogP contribution in [-0.2, 0) is 4.79 Å². The van der Waals surface area contributed by atoms with Gasteiger partial charge >= 0.3 is 0 Å². The van der Waals surface area contributed by atoms with Gasteiger partial charge in [0.15, 0.2) is 0 Å². The minimum Gasteiger partial charge on any atom is -0.299 e. The van der Waals surface area contributed by atoms with Crippen LogP contribution in [0.15, 0.2) is 23.3 Å². The predicted molar refractivity (Wildman–Crippen MR) is 46.3 cm³/mol. The predicted octanol–water partition coefficient (Wildman–Crippen LogP) is 2.49. The van der Waals surface area contributed by atoms with Gasteiger partial charge in [0.05, 0.1) is 0 Å². The van der Waals surface area contributed by atoms with Crippen molar-refractivity contribution in [1.29, 1.82) is 0 Å². The van der Waals surface area contributed by atoms with Gasteiger partial charge in [-0.25, -0.2) is 0 Å². The first-order chi connectivity index (χ1) is 5.11. The second kappa shape index (κ2) is 3.04. The lowest BCUT2D eigenvalue weighted by molar-refractivity contribution is -0.119. The molecule has 0 fully saturated rings. The molecule has 0 radical (unpaired) electrons. The maximum atomic E-state index is 11.0. The van der Waals surface area contributed by atoms with Gasteiger partial charge < -0.3 is 0 Å². The summed E-state index contributed by atoms with van der Waals surface area (Å²) in [5.41, 5.74) is 2.65. The molecular formula is C10H14O. The Balaban J connectivity index is 2.74. The third-order valence-corrected chi connectivity index (χ3v) is 2.30. The Hall–Kier alpha value is -0.850. The Bertz CT molecular complexity index is 233. The number of rotatable bonds is 1. The SMILES string of the molecule is CC(=O)C1C=CC(C)=C(C)C1. The zero-order chi connectivity index (χ0) is 8.43. The molecule has 1 unspecified atom stereocenters. The van der Waals surface area contributed by atoms with Crippen LogP contribution in [0, 0.1) is 5.92 Å². The molecule has 60 valence electrons. The molecule has 0 bridgehead atoms. The van der Waals surface area contributed by atoms with Gasteiger partial charge in [0.25, 0.3) is 0 Å². The smallest absolute Gasteiger partial charge is 0.136 e. The van der Waals surface area contributed by atoms with E-state index in [-0.39, 0.29) is 11.7 Å². The highest BCUT2D eigenvalue weighted by atomic mass is 16.1. The van der Waals surface area contributed by atoms with E-state index in [1.165, 1.54) is 11.1 Å². The molecule has 0 saturated heterocycles. The standard InChI is InChI=1S/C10H14O/c1-7-4-5-10(9(3)11)6-8(7)2/h4-5,10H,6H2,1-3H3. The second-order valence-corrected chi connectivity index (χ2v) is 3.24. The van der Waals surface area contributed by atoms with Crippen LogP contribution in [-0.4, -0.2) is 5.78 Å². The van der Waals surface area contributed by atoms with Crippen molar-refractivity contribution in [3.63, 3.8) is 0 Å². The van der Waals surface area contributed by atoms with Crippen LogP contribution in [0.2, 0.25) is 0 Å². The molecule has 1 nitrogen and oxygen atoms in total. The molecular weight excluding hydrogens is 136 g/mol. The van der Waals surface area contributed by atoms with E-state index in [4.69, 9.17) is 0 Å². The van der Waals surface area contributed by atoms with Crippen molar-refractivity contribution in [1.82, 2.24) is 0 Å². The van der Waals surface area contributed by atoms with E-state index in [2.05, 4.69) is 13.8 Å². The summed E-state index contributed by atoms with van der Waals surface area (Å²) in [6, 6.07) is 0. The normalized spacial score (nSPS) is 24.1. The highest BCUT2D eigenvalue weighted by Gasteiger charge is 2.14. The van der Waals surface area contributed by atoms with Crippen molar-refractivity contribution in [2.45, 2.75) is 27.2 Å². The molecule has 0 saturated carbocycles. The minimum absolute atomic E-state index is 0.138. The number of carbonyl (C=O) groups is 1. The van der Waals surface area contributed by atoms with E-state index in [1.54, 1.807) is 6.92 Å². The van der Waals surface area contributed by atoms with Crippen LogP contribution in [0.1, 0.15) is 27.2 Å². The lowest BCUT2D eigenvalue weighted by Gasteiger charge is -2.15. The monoisotopic (exact) mass is 150 g/mol. The summed E-state index contributed by atoms with van der Waals surface area (Å²) in [5.74, 6) is 0.409. The molecule has 0 aromatic heterocycles. The molecule has 0 aliphatic heterocycles. The fourth-order valence-corrected chi connectivity index (χ4v) is 1.24. The van der Waals surface area contributed by atoms with Crippen molar-refractivity contribution < 1.29 is 4.79 Å². The van der Waals surface area contributed by atoms with Crippen LogP contribution in [0.4, 0.5) is 0 Å². The molecule has 1 heteroatoms. The summed E-state index contributed by atoms with van der Waals surface area (Å²) in [4.78, 5) is 11.0. The average Bonchev–Trinajstić information content (AvgIpc) is 1.94. The van der Waals surface area contributed by atoms with Gasteiger partial charge in [-0.1, -0.05) is 23.3 Å². The first-order valence-electron chi connectivity index (χ1n) is 3.96. The van der Waals surface area contributed by atoms with Crippen LogP contribution in [0.5, 0.6) is 0 Å². The van der Waals surface area contributed by atoms with E-state index in [1.807, 2.05) is 12.2 Å². The van der Waals surface area contributed by atoms with Crippen molar-refractivity contribution in [2.24, 2.45) is 5.92 Å². The topological polar surface area (TPSA) is 17.1 Å². The third kappa shape index (κ3) is 1.79. The van der Waals surface area contributed by atoms with Gasteiger partial charge in [-0.2, -0.15) is 0 Å². The van der Waals surface area contributed by atoms with Crippen LogP contribution < -0.4 is 0 Å². The van der Waals surface area contributed by atoms with Crippen molar-refractivity contribution >= 4 is 5.78 Å². The number of hydrogen-bond acceptors (Lipinski definition) is 1. The van der Waals surface area contributed by atoms with E-state index >= 15 is 0 Å². The van der Waals surface area contributed by atoms with Crippen LogP contribution in [0.25, 0.3) is 0 Å². The first-order valence-corrected chi connectivity index (χ1v) is 3.96. The third-order valence-electron chi connectivity index (χ3n) is 2.30. The molecule has 1 aliphatic rings. The fraction of sp³-hybridized carbons (Fsp3) is 0.500. The Labute approximate surface area is 67.8 Å². The zero-order valence-corrected chi connectivity index (χ0v) is 7.35. The van der Waals surface area contributed by atoms with Gasteiger partial charge in [-0.15, -0.1) is 0 Å². The lowest BCUT2D eigenvalue weighted by Crippen LogP contribution is -2.11. The van der Waals surface area contributed by atoms with Gasteiger partial charge in [-0.05, 0) is 27.2 Å². The summed E-state index contributed by atoms with van der Waals surface area (Å²) in [6.45, 7) is 5.83. The van der Waals surface area contributed by atoms with Crippen LogP contribution in [0.3, 0.4) is 0 Å². The molecule has 0 N–H and O–H groups in total. The van der Waals surface area contributed by atoms with E-state index < -0.39 is 0 Å². The van der Waals surface area contributed by atoms with Gasteiger partial charge in [0.1, 0.15) is 5.78 Å². The second-order valence-electron chi connectivity index (χ2n) is 3.24. The highest BCUT2D eigenvalue weighted by Crippen LogP contribution is 2.23. The molecule has 1 rings (SSSR count). The summed E-state index contributed by atoms with van der Waals surface area (Å²) in [7, 11) is 0. The molecule has 0 heterocycles. The lowest BCUT2D eigenvalue weighted by atomic mass is 9.89. The fourth-order valence-electron chi connectivity index (χ4n) is 1.24. The number of ketones is 1. The number of Topliss-reactive ketones (excluding diaryl/α,β-unsaturated/α-hetero) is 1. The van der Waals surface area contributed by atoms with Crippen molar-refractivity contribution in [3.8, 4) is 0 Å². The van der Waals surface area contributed by atoms with Crippen molar-refractivity contribution in [3.05, 3.63) is 23.3 Å². The first kappa shape index (κ1) is 8.25. The average molecular weight is 150 g/mol. The van der Waals surface area contributed by atoms with Crippen molar-refractivity contribution in [2.75, 3.05) is 0 Å². The zero-order valence-electron chi connectivity index (χ0n) is 7.35. The van der Waals surface area contributed by atoms with E-state index in [9.17, 15) is 4.79 Å². The van der Waals surface area contributed by atoms with E-state index in [0.29, 0.717) is 0 Å².